The Morgan fingerprint density at radius 2 is 1.19 bits per heavy atom. The van der Waals surface area contributed by atoms with Gasteiger partial charge in [0.05, 0.1) is 0 Å². The lowest BCUT2D eigenvalue weighted by Crippen LogP contribution is -2.21. The number of aliphatic hydroxyl groups excluding tert-OH is 1. The zero-order valence-corrected chi connectivity index (χ0v) is 15.4. The van der Waals surface area contributed by atoms with Crippen LogP contribution in [0.5, 0.6) is 0 Å². The van der Waals surface area contributed by atoms with Crippen LogP contribution in [-0.2, 0) is 0 Å². The molecule has 1 nitrogen and oxygen atoms in total. The molecule has 0 bridgehead atoms. The molecule has 1 aliphatic rings. The normalized spacial score (nSPS) is 44.4. The molecule has 0 saturated heterocycles. The smallest absolute Gasteiger partial charge is 0.0461 e. The van der Waals surface area contributed by atoms with E-state index in [1.165, 1.54) is 38.5 Å². The first-order chi connectivity index (χ1) is 9.85. The van der Waals surface area contributed by atoms with Crippen LogP contribution in [0.2, 0.25) is 0 Å². The molecule has 0 radical (unpaired) electrons. The van der Waals surface area contributed by atoms with E-state index in [-0.39, 0.29) is 0 Å². The Balaban J connectivity index is 2.75. The fourth-order valence-electron chi connectivity index (χ4n) is 4.30. The lowest BCUT2D eigenvalue weighted by atomic mass is 9.77. The average molecular weight is 297 g/mol. The van der Waals surface area contributed by atoms with Crippen molar-refractivity contribution in [1.29, 1.82) is 0 Å². The van der Waals surface area contributed by atoms with Crippen LogP contribution < -0.4 is 0 Å². The van der Waals surface area contributed by atoms with E-state index in [1.54, 1.807) is 0 Å². The van der Waals surface area contributed by atoms with Gasteiger partial charge in [0.25, 0.3) is 0 Å². The molecule has 0 aromatic rings. The van der Waals surface area contributed by atoms with E-state index in [2.05, 4.69) is 41.5 Å². The van der Waals surface area contributed by atoms with Gasteiger partial charge in [0.15, 0.2) is 0 Å². The predicted molar refractivity (Wildman–Crippen MR) is 93.3 cm³/mol. The van der Waals surface area contributed by atoms with E-state index >= 15 is 0 Å². The molecule has 0 aromatic carbocycles. The van der Waals surface area contributed by atoms with E-state index in [1.807, 2.05) is 0 Å². The summed E-state index contributed by atoms with van der Waals surface area (Å²) in [5.41, 5.74) is 0. The molecule has 1 heteroatoms. The highest BCUT2D eigenvalue weighted by molar-refractivity contribution is 4.76. The summed E-state index contributed by atoms with van der Waals surface area (Å²) in [4.78, 5) is 0. The fraction of sp³-hybridized carbons (Fsp3) is 1.00. The Labute approximate surface area is 133 Å². The number of rotatable bonds is 1. The largest absolute Gasteiger partial charge is 0.396 e. The summed E-state index contributed by atoms with van der Waals surface area (Å²) in [5.74, 6) is 5.26. The third-order valence-corrected chi connectivity index (χ3v) is 6.52. The Morgan fingerprint density at radius 3 is 1.81 bits per heavy atom. The first-order valence-corrected chi connectivity index (χ1v) is 9.45. The Kier molecular flexibility index (Phi) is 8.31. The van der Waals surface area contributed by atoms with Crippen molar-refractivity contribution in [2.24, 2.45) is 41.4 Å². The maximum Gasteiger partial charge on any atom is 0.0461 e. The average Bonchev–Trinajstić information content (AvgIpc) is 2.43. The number of hydrogen-bond acceptors (Lipinski definition) is 1. The van der Waals surface area contributed by atoms with Crippen LogP contribution in [0.25, 0.3) is 0 Å². The van der Waals surface area contributed by atoms with Gasteiger partial charge in [0, 0.05) is 6.61 Å². The fourth-order valence-corrected chi connectivity index (χ4v) is 4.30. The topological polar surface area (TPSA) is 20.2 Å². The molecule has 1 aliphatic carbocycles. The van der Waals surface area contributed by atoms with Crippen LogP contribution in [0.15, 0.2) is 0 Å². The lowest BCUT2D eigenvalue weighted by Gasteiger charge is -2.29. The minimum absolute atomic E-state index is 0.376. The molecule has 1 rings (SSSR count). The van der Waals surface area contributed by atoms with Crippen molar-refractivity contribution in [3.8, 4) is 0 Å². The zero-order valence-electron chi connectivity index (χ0n) is 15.4. The van der Waals surface area contributed by atoms with Gasteiger partial charge >= 0.3 is 0 Å². The first kappa shape index (κ1) is 19.0. The van der Waals surface area contributed by atoms with Crippen molar-refractivity contribution in [2.75, 3.05) is 6.61 Å². The van der Waals surface area contributed by atoms with Crippen molar-refractivity contribution in [3.63, 3.8) is 0 Å². The Hall–Kier alpha value is -0.0400. The molecule has 0 aliphatic heterocycles. The van der Waals surface area contributed by atoms with Crippen LogP contribution in [0.4, 0.5) is 0 Å². The molecule has 1 N–H and O–H groups in total. The van der Waals surface area contributed by atoms with E-state index in [4.69, 9.17) is 0 Å². The second-order valence-electron chi connectivity index (χ2n) is 8.57. The predicted octanol–water partition coefficient (Wildman–Crippen LogP) is 5.77. The molecule has 1 saturated carbocycles. The van der Waals surface area contributed by atoms with Crippen LogP contribution >= 0.6 is 0 Å². The van der Waals surface area contributed by atoms with Gasteiger partial charge in [-0.05, 0) is 60.7 Å². The molecular weight excluding hydrogens is 256 g/mol. The van der Waals surface area contributed by atoms with Crippen molar-refractivity contribution in [2.45, 2.75) is 80.1 Å². The monoisotopic (exact) mass is 296 g/mol. The van der Waals surface area contributed by atoms with Gasteiger partial charge in [-0.25, -0.2) is 0 Å². The third-order valence-electron chi connectivity index (χ3n) is 6.52. The Bertz CT molecular complexity index is 275. The summed E-state index contributed by atoms with van der Waals surface area (Å²) >= 11 is 0. The first-order valence-electron chi connectivity index (χ1n) is 9.45. The van der Waals surface area contributed by atoms with E-state index < -0.39 is 0 Å². The van der Waals surface area contributed by atoms with Crippen molar-refractivity contribution in [1.82, 2.24) is 0 Å². The molecule has 126 valence electrons. The molecule has 21 heavy (non-hydrogen) atoms. The quantitative estimate of drug-likeness (QED) is 0.651. The molecule has 7 unspecified atom stereocenters. The summed E-state index contributed by atoms with van der Waals surface area (Å²) in [6.45, 7) is 14.9. The molecule has 0 amide bonds. The van der Waals surface area contributed by atoms with Gasteiger partial charge in [0.2, 0.25) is 0 Å². The molecule has 0 spiro atoms. The van der Waals surface area contributed by atoms with E-state index in [0.29, 0.717) is 18.4 Å². The minimum atomic E-state index is 0.376. The molecule has 1 fully saturated rings. The highest BCUT2D eigenvalue weighted by atomic mass is 16.3. The number of hydrogen-bond donors (Lipinski definition) is 1. The summed E-state index contributed by atoms with van der Waals surface area (Å²) in [6.07, 6.45) is 7.90. The van der Waals surface area contributed by atoms with Crippen LogP contribution in [0.1, 0.15) is 80.1 Å². The van der Waals surface area contributed by atoms with Gasteiger partial charge in [-0.2, -0.15) is 0 Å². The van der Waals surface area contributed by atoms with Gasteiger partial charge in [-0.1, -0.05) is 60.8 Å². The van der Waals surface area contributed by atoms with E-state index in [0.717, 1.165) is 29.6 Å². The lowest BCUT2D eigenvalue weighted by molar-refractivity contribution is 0.143. The highest BCUT2D eigenvalue weighted by Crippen LogP contribution is 2.34. The van der Waals surface area contributed by atoms with Gasteiger partial charge < -0.3 is 5.11 Å². The van der Waals surface area contributed by atoms with Crippen molar-refractivity contribution < 1.29 is 5.11 Å². The van der Waals surface area contributed by atoms with Crippen molar-refractivity contribution >= 4 is 0 Å². The maximum absolute atomic E-state index is 9.75. The molecular formula is C20H40O. The molecule has 0 aromatic heterocycles. The van der Waals surface area contributed by atoms with Gasteiger partial charge in [0.1, 0.15) is 0 Å². The summed E-state index contributed by atoms with van der Waals surface area (Å²) in [6, 6.07) is 0. The van der Waals surface area contributed by atoms with Crippen LogP contribution in [-0.4, -0.2) is 11.7 Å². The number of aliphatic hydroxyl groups is 1. The van der Waals surface area contributed by atoms with Crippen molar-refractivity contribution in [3.05, 3.63) is 0 Å². The van der Waals surface area contributed by atoms with E-state index in [9.17, 15) is 5.11 Å². The second-order valence-corrected chi connectivity index (χ2v) is 8.57. The molecule has 0 heterocycles. The standard InChI is InChI=1S/C20H40O/c1-14-10-17(4)19(6)12-18(5)15(2)8-7-9-16(3)20(11-14)13-21/h14-21H,7-13H2,1-6H3. The van der Waals surface area contributed by atoms with Gasteiger partial charge in [-0.15, -0.1) is 0 Å². The second kappa shape index (κ2) is 9.18. The zero-order chi connectivity index (χ0) is 16.0. The summed E-state index contributed by atoms with van der Waals surface area (Å²) < 4.78 is 0. The minimum Gasteiger partial charge on any atom is -0.396 e. The maximum atomic E-state index is 9.75. The summed E-state index contributed by atoms with van der Waals surface area (Å²) in [7, 11) is 0. The third kappa shape index (κ3) is 6.30. The molecule has 7 atom stereocenters. The highest BCUT2D eigenvalue weighted by Gasteiger charge is 2.25. The summed E-state index contributed by atoms with van der Waals surface area (Å²) in [5, 5.41) is 9.75. The van der Waals surface area contributed by atoms with Crippen LogP contribution in [0, 0.1) is 41.4 Å². The SMILES string of the molecule is CC1CC(C)C(C)CC(C)C(C)CCCC(C)C(CO)C1. The van der Waals surface area contributed by atoms with Crippen LogP contribution in [0.3, 0.4) is 0 Å². The van der Waals surface area contributed by atoms with Gasteiger partial charge in [-0.3, -0.25) is 0 Å². The Morgan fingerprint density at radius 1 is 0.667 bits per heavy atom.